The molecule has 5 aliphatic rings. The summed E-state index contributed by atoms with van der Waals surface area (Å²) in [6.07, 6.45) is 9.63. The molecule has 0 spiro atoms. The highest BCUT2D eigenvalue weighted by atomic mass is 16.6. The third-order valence-electron chi connectivity index (χ3n) is 10.8. The summed E-state index contributed by atoms with van der Waals surface area (Å²) in [6, 6.07) is -3.31. The molecule has 2 amide bonds. The van der Waals surface area contributed by atoms with Crippen LogP contribution in [0, 0.1) is 0 Å². The second-order valence-electron chi connectivity index (χ2n) is 15.1. The fourth-order valence-electron chi connectivity index (χ4n) is 7.34. The zero-order valence-electron chi connectivity index (χ0n) is 35.3. The maximum atomic E-state index is 13.1. The molecule has 0 fully saturated rings. The van der Waals surface area contributed by atoms with E-state index in [1.54, 1.807) is 64.2 Å². The van der Waals surface area contributed by atoms with Gasteiger partial charge < -0.3 is 41.5 Å². The maximum Gasteiger partial charge on any atom is 0.326 e. The molecule has 5 rings (SSSR count). The molecule has 9 N–H and O–H groups in total. The van der Waals surface area contributed by atoms with Gasteiger partial charge >= 0.3 is 23.9 Å². The summed E-state index contributed by atoms with van der Waals surface area (Å²) in [4.78, 5) is 92.3. The molecule has 0 saturated carbocycles. The van der Waals surface area contributed by atoms with Crippen LogP contribution in [0.4, 0.5) is 0 Å². The van der Waals surface area contributed by atoms with E-state index in [-0.39, 0.29) is 25.7 Å². The van der Waals surface area contributed by atoms with Crippen LogP contribution >= 0.6 is 0 Å². The van der Waals surface area contributed by atoms with Crippen LogP contribution in [0.2, 0.25) is 0 Å². The minimum atomic E-state index is -1.66. The number of hydrogen-bond donors (Lipinski definition) is 9. The summed E-state index contributed by atoms with van der Waals surface area (Å²) in [5.41, 5.74) is 8.94. The van der Waals surface area contributed by atoms with Gasteiger partial charge in [-0.15, -0.1) is 0 Å². The fourth-order valence-corrected chi connectivity index (χ4v) is 7.34. The Labute approximate surface area is 361 Å². The summed E-state index contributed by atoms with van der Waals surface area (Å²) in [5.74, 6) is -7.24. The van der Waals surface area contributed by atoms with Gasteiger partial charge in [0.05, 0.1) is 59.4 Å². The number of carbonyl (C=O) groups excluding carboxylic acids is 2. The van der Waals surface area contributed by atoms with E-state index in [1.165, 1.54) is 6.20 Å². The highest BCUT2D eigenvalue weighted by Gasteiger charge is 2.39. The van der Waals surface area contributed by atoms with E-state index in [0.717, 1.165) is 5.57 Å². The first kappa shape index (κ1) is 46.8. The predicted octanol–water partition coefficient (Wildman–Crippen LogP) is 3.35. The standard InChI is InChI=1S/C44H49N7O12/c1-7-24-21(3)28-15-29-22(4)25(9-11-38(52)50-35(42(58)59)19-40(54)55)31(46-29)17-32-26(10-12-39(53)51-36(43(60)61)20-41(56)57)23(5)30(47-32)16-34-27(13-14-45-63-8-2)44(6,62)37(49-34)18-33(24)48-28/h7,13-18,35-36,45,49,62H,1,8-12,19-20H2,2-6H3,(H,50,52)(H,51,53)(H,54,55)(H,56,57)(H,58,59)(H,60,61)/t35-,36-,44?/m0/s1. The number of hydrogen-bond acceptors (Lipinski definition) is 13. The molecule has 5 heterocycles. The second kappa shape index (κ2) is 19.6. The monoisotopic (exact) mass is 867 g/mol. The number of carboxylic acid groups (broad SMARTS) is 4. The number of hydroxylamine groups is 1. The van der Waals surface area contributed by atoms with Gasteiger partial charge in [-0.2, -0.15) is 0 Å². The number of aliphatic imine (C=N–C) groups is 3. The Balaban J connectivity index is 1.67. The predicted molar refractivity (Wildman–Crippen MR) is 230 cm³/mol. The SMILES string of the molecule is C=CC1=C(C)C2=CC3=NC(=CC4=NC(=CC5=C(C=CNOCC)C(C)(O)C(=CC1=N2)N5)C(C)=C4CCC(=O)N[C@@H](CC(=O)O)C(=O)O)C(CCC(=O)N[C@@H](CC(=O)O)C(=O)O)=C3C. The molecular weight excluding hydrogens is 819 g/mol. The smallest absolute Gasteiger partial charge is 0.326 e. The third-order valence-corrected chi connectivity index (χ3v) is 10.8. The van der Waals surface area contributed by atoms with Gasteiger partial charge in [0.2, 0.25) is 11.8 Å². The average Bonchev–Trinajstić information content (AvgIpc) is 3.84. The van der Waals surface area contributed by atoms with Crippen molar-refractivity contribution < 1.29 is 59.1 Å². The lowest BCUT2D eigenvalue weighted by molar-refractivity contribution is -0.147. The lowest BCUT2D eigenvalue weighted by Crippen LogP contribution is -2.42. The van der Waals surface area contributed by atoms with Gasteiger partial charge in [-0.1, -0.05) is 12.7 Å². The number of allylic oxidation sites excluding steroid dienone is 11. The molecule has 8 bridgehead atoms. The molecule has 0 radical (unpaired) electrons. The second-order valence-corrected chi connectivity index (χ2v) is 15.1. The number of fused-ring (bicyclic) bond motifs is 5. The first-order chi connectivity index (χ1) is 29.7. The Morgan fingerprint density at radius 1 is 0.762 bits per heavy atom. The third kappa shape index (κ3) is 10.8. The number of carboxylic acids is 4. The summed E-state index contributed by atoms with van der Waals surface area (Å²) in [5, 5.41) is 57.4. The molecule has 0 saturated heterocycles. The van der Waals surface area contributed by atoms with Crippen LogP contribution in [0.25, 0.3) is 0 Å². The zero-order chi connectivity index (χ0) is 46.3. The molecule has 1 unspecified atom stereocenters. The minimum absolute atomic E-state index is 0.0180. The first-order valence-corrected chi connectivity index (χ1v) is 19.9. The Morgan fingerprint density at radius 3 is 1.86 bits per heavy atom. The summed E-state index contributed by atoms with van der Waals surface area (Å²) in [6.45, 7) is 13.2. The van der Waals surface area contributed by atoms with E-state index in [4.69, 9.17) is 19.8 Å². The highest BCUT2D eigenvalue weighted by Crippen LogP contribution is 2.40. The molecule has 0 aromatic heterocycles. The Bertz CT molecular complexity index is 2450. The van der Waals surface area contributed by atoms with Gasteiger partial charge in [0, 0.05) is 35.9 Å². The molecule has 5 aliphatic heterocycles. The summed E-state index contributed by atoms with van der Waals surface area (Å²) < 4.78 is 0. The molecule has 0 aliphatic carbocycles. The summed E-state index contributed by atoms with van der Waals surface area (Å²) >= 11 is 0. The van der Waals surface area contributed by atoms with Crippen molar-refractivity contribution in [2.75, 3.05) is 6.61 Å². The van der Waals surface area contributed by atoms with Gasteiger partial charge in [0.15, 0.2) is 0 Å². The minimum Gasteiger partial charge on any atom is -0.481 e. The molecule has 332 valence electrons. The number of aliphatic hydroxyl groups is 1. The number of aliphatic carboxylic acids is 4. The molecule has 0 aromatic rings. The zero-order valence-corrected chi connectivity index (χ0v) is 35.3. The van der Waals surface area contributed by atoms with E-state index in [1.807, 2.05) is 6.92 Å². The van der Waals surface area contributed by atoms with Crippen LogP contribution in [0.3, 0.4) is 0 Å². The van der Waals surface area contributed by atoms with Crippen LogP contribution in [-0.2, 0) is 33.6 Å². The fraction of sp³-hybridized carbons (Fsp3) is 0.341. The van der Waals surface area contributed by atoms with Crippen LogP contribution in [0.15, 0.2) is 132 Å². The molecule has 3 atom stereocenters. The molecule has 63 heavy (non-hydrogen) atoms. The largest absolute Gasteiger partial charge is 0.481 e. The molecule has 19 heteroatoms. The van der Waals surface area contributed by atoms with Crippen LogP contribution < -0.4 is 21.4 Å². The first-order valence-electron chi connectivity index (χ1n) is 19.9. The van der Waals surface area contributed by atoms with Crippen molar-refractivity contribution in [2.24, 2.45) is 15.0 Å². The molecule has 19 nitrogen and oxygen atoms in total. The Morgan fingerprint density at radius 2 is 1.30 bits per heavy atom. The van der Waals surface area contributed by atoms with Crippen molar-refractivity contribution in [3.05, 3.63) is 117 Å². The van der Waals surface area contributed by atoms with Crippen LogP contribution in [0.5, 0.6) is 0 Å². The van der Waals surface area contributed by atoms with Crippen molar-refractivity contribution in [2.45, 2.75) is 90.8 Å². The summed E-state index contributed by atoms with van der Waals surface area (Å²) in [7, 11) is 0. The van der Waals surface area contributed by atoms with E-state index >= 15 is 0 Å². The van der Waals surface area contributed by atoms with Crippen LogP contribution in [0.1, 0.15) is 73.1 Å². The van der Waals surface area contributed by atoms with Crippen molar-refractivity contribution in [1.82, 2.24) is 21.4 Å². The maximum absolute atomic E-state index is 13.1. The number of rotatable bonds is 19. The Kier molecular flexibility index (Phi) is 14.6. The van der Waals surface area contributed by atoms with E-state index in [9.17, 15) is 54.3 Å². The number of nitrogens with zero attached hydrogens (tertiary/aromatic N) is 3. The van der Waals surface area contributed by atoms with Crippen molar-refractivity contribution >= 4 is 52.8 Å². The van der Waals surface area contributed by atoms with Crippen molar-refractivity contribution in [1.29, 1.82) is 0 Å². The molecule has 0 aromatic carbocycles. The van der Waals surface area contributed by atoms with Gasteiger partial charge in [0.25, 0.3) is 0 Å². The van der Waals surface area contributed by atoms with Crippen LogP contribution in [-0.4, -0.2) is 103 Å². The van der Waals surface area contributed by atoms with Crippen molar-refractivity contribution in [3.63, 3.8) is 0 Å². The van der Waals surface area contributed by atoms with Gasteiger partial charge in [0.1, 0.15) is 17.7 Å². The van der Waals surface area contributed by atoms with Gasteiger partial charge in [-0.25, -0.2) is 24.6 Å². The molecular formula is C44H49N7O12. The average molecular weight is 868 g/mol. The van der Waals surface area contributed by atoms with E-state index in [2.05, 4.69) is 28.0 Å². The number of nitrogens with one attached hydrogen (secondary N) is 4. The number of amides is 2. The van der Waals surface area contributed by atoms with Gasteiger partial charge in [-0.05, 0) is 106 Å². The normalized spacial score (nSPS) is 20.3. The Hall–Kier alpha value is -7.25. The van der Waals surface area contributed by atoms with Gasteiger partial charge in [-0.3, -0.25) is 29.5 Å². The highest BCUT2D eigenvalue weighted by molar-refractivity contribution is 6.18. The lowest BCUT2D eigenvalue weighted by atomic mass is 9.92. The topological polar surface area (TPSA) is 298 Å². The lowest BCUT2D eigenvalue weighted by Gasteiger charge is -2.21. The van der Waals surface area contributed by atoms with E-state index in [0.29, 0.717) is 85.7 Å². The van der Waals surface area contributed by atoms with Crippen molar-refractivity contribution in [3.8, 4) is 0 Å². The number of carbonyl (C=O) groups is 6. The quantitative estimate of drug-likeness (QED) is 0.0665. The van der Waals surface area contributed by atoms with E-state index < -0.39 is 66.2 Å².